The zero-order valence-electron chi connectivity index (χ0n) is 17.0. The molecule has 9 heteroatoms. The molecule has 1 atom stereocenters. The van der Waals surface area contributed by atoms with Gasteiger partial charge in [-0.1, -0.05) is 62.4 Å². The summed E-state index contributed by atoms with van der Waals surface area (Å²) in [6.07, 6.45) is -0.873. The van der Waals surface area contributed by atoms with Crippen molar-refractivity contribution in [1.82, 2.24) is 16.2 Å². The zero-order chi connectivity index (χ0) is 22.5. The van der Waals surface area contributed by atoms with Crippen LogP contribution in [0.25, 0.3) is 11.1 Å². The molecule has 0 aromatic heterocycles. The first-order valence-electron chi connectivity index (χ1n) is 9.74. The summed E-state index contributed by atoms with van der Waals surface area (Å²) < 4.78 is 5.30. The van der Waals surface area contributed by atoms with Crippen LogP contribution in [0, 0.1) is 5.92 Å². The van der Waals surface area contributed by atoms with Crippen LogP contribution >= 0.6 is 0 Å². The van der Waals surface area contributed by atoms with E-state index >= 15 is 0 Å². The number of hydrazine groups is 1. The van der Waals surface area contributed by atoms with E-state index in [1.165, 1.54) is 0 Å². The number of carbonyl (C=O) groups is 4. The number of rotatable bonds is 5. The normalized spacial score (nSPS) is 13.0. The average Bonchev–Trinajstić information content (AvgIpc) is 3.07. The van der Waals surface area contributed by atoms with Crippen LogP contribution in [0.1, 0.15) is 30.9 Å². The Morgan fingerprint density at radius 1 is 0.935 bits per heavy atom. The number of fused-ring (bicyclic) bond motifs is 3. The van der Waals surface area contributed by atoms with Gasteiger partial charge in [-0.2, -0.15) is 0 Å². The summed E-state index contributed by atoms with van der Waals surface area (Å²) in [5, 5.41) is 10.8. The molecule has 3 amide bonds. The van der Waals surface area contributed by atoms with Gasteiger partial charge in [-0.05, 0) is 28.2 Å². The second-order valence-electron chi connectivity index (χ2n) is 7.44. The highest BCUT2D eigenvalue weighted by atomic mass is 16.6. The predicted octanol–water partition coefficient (Wildman–Crippen LogP) is 1.78. The summed E-state index contributed by atoms with van der Waals surface area (Å²) in [6.45, 7) is 3.32. The molecule has 0 fully saturated rings. The highest BCUT2D eigenvalue weighted by molar-refractivity contribution is 6.32. The molecule has 0 saturated heterocycles. The molecule has 0 aliphatic heterocycles. The van der Waals surface area contributed by atoms with Gasteiger partial charge in [0.15, 0.2) is 0 Å². The quantitative estimate of drug-likeness (QED) is 0.426. The molecule has 0 bridgehead atoms. The molecule has 3 rings (SSSR count). The van der Waals surface area contributed by atoms with Crippen molar-refractivity contribution in [2.24, 2.45) is 5.92 Å². The molecule has 162 valence electrons. The van der Waals surface area contributed by atoms with Crippen LogP contribution in [0.2, 0.25) is 0 Å². The number of hydrogen-bond donors (Lipinski definition) is 4. The molecule has 1 aliphatic rings. The first kappa shape index (κ1) is 21.8. The zero-order valence-corrected chi connectivity index (χ0v) is 17.0. The molecular formula is C22H23N3O6. The summed E-state index contributed by atoms with van der Waals surface area (Å²) in [7, 11) is 0. The van der Waals surface area contributed by atoms with Crippen LogP contribution in [-0.2, 0) is 19.1 Å². The van der Waals surface area contributed by atoms with Gasteiger partial charge >= 0.3 is 18.0 Å². The molecular weight excluding hydrogens is 402 g/mol. The van der Waals surface area contributed by atoms with Gasteiger partial charge in [0, 0.05) is 5.92 Å². The minimum absolute atomic E-state index is 0.0685. The SMILES string of the molecule is CC(C)C(NC(=O)C(=O)O)C(=O)NNC(=O)OCC1c2ccccc2-c2ccccc21. The monoisotopic (exact) mass is 425 g/mol. The molecule has 2 aromatic rings. The summed E-state index contributed by atoms with van der Waals surface area (Å²) >= 11 is 0. The molecule has 9 nitrogen and oxygen atoms in total. The van der Waals surface area contributed by atoms with Crippen LogP contribution in [0.15, 0.2) is 48.5 Å². The van der Waals surface area contributed by atoms with Crippen molar-refractivity contribution in [1.29, 1.82) is 0 Å². The van der Waals surface area contributed by atoms with Gasteiger partial charge < -0.3 is 15.2 Å². The highest BCUT2D eigenvalue weighted by Crippen LogP contribution is 2.44. The van der Waals surface area contributed by atoms with Crippen molar-refractivity contribution < 1.29 is 29.0 Å². The number of carbonyl (C=O) groups excluding carboxylic acids is 3. The maximum atomic E-state index is 12.2. The number of ether oxygens (including phenoxy) is 1. The van der Waals surface area contributed by atoms with Crippen molar-refractivity contribution in [3.05, 3.63) is 59.7 Å². The third-order valence-electron chi connectivity index (χ3n) is 5.06. The maximum Gasteiger partial charge on any atom is 0.426 e. The van der Waals surface area contributed by atoms with Gasteiger partial charge in [0.2, 0.25) is 0 Å². The molecule has 31 heavy (non-hydrogen) atoms. The van der Waals surface area contributed by atoms with E-state index < -0.39 is 35.8 Å². The topological polar surface area (TPSA) is 134 Å². The number of carboxylic acids is 1. The van der Waals surface area contributed by atoms with Crippen molar-refractivity contribution in [3.8, 4) is 11.1 Å². The number of amides is 3. The van der Waals surface area contributed by atoms with E-state index in [9.17, 15) is 19.2 Å². The fraction of sp³-hybridized carbons (Fsp3) is 0.273. The molecule has 4 N–H and O–H groups in total. The molecule has 0 spiro atoms. The lowest BCUT2D eigenvalue weighted by molar-refractivity contribution is -0.151. The third-order valence-corrected chi connectivity index (χ3v) is 5.06. The van der Waals surface area contributed by atoms with Crippen molar-refractivity contribution in [3.63, 3.8) is 0 Å². The summed E-state index contributed by atoms with van der Waals surface area (Å²) in [5.41, 5.74) is 8.57. The van der Waals surface area contributed by atoms with E-state index in [1.54, 1.807) is 13.8 Å². The Bertz CT molecular complexity index is 974. The number of benzene rings is 2. The lowest BCUT2D eigenvalue weighted by Gasteiger charge is -2.21. The largest absolute Gasteiger partial charge is 0.474 e. The van der Waals surface area contributed by atoms with Crippen molar-refractivity contribution in [2.75, 3.05) is 6.61 Å². The fourth-order valence-corrected chi connectivity index (χ4v) is 3.56. The van der Waals surface area contributed by atoms with E-state index in [4.69, 9.17) is 9.84 Å². The van der Waals surface area contributed by atoms with Crippen LogP contribution in [0.5, 0.6) is 0 Å². The first-order valence-corrected chi connectivity index (χ1v) is 9.74. The van der Waals surface area contributed by atoms with Gasteiger partial charge in [-0.3, -0.25) is 15.0 Å². The van der Waals surface area contributed by atoms with Gasteiger partial charge in [0.05, 0.1) is 0 Å². The average molecular weight is 425 g/mol. The van der Waals surface area contributed by atoms with Crippen LogP contribution < -0.4 is 16.2 Å². The Morgan fingerprint density at radius 3 is 2.00 bits per heavy atom. The second-order valence-corrected chi connectivity index (χ2v) is 7.44. The highest BCUT2D eigenvalue weighted by Gasteiger charge is 2.30. The molecule has 0 heterocycles. The Kier molecular flexibility index (Phi) is 6.54. The minimum Gasteiger partial charge on any atom is -0.474 e. The Morgan fingerprint density at radius 2 is 1.48 bits per heavy atom. The number of nitrogens with one attached hydrogen (secondary N) is 3. The summed E-state index contributed by atoms with van der Waals surface area (Å²) in [5.74, 6) is -4.32. The summed E-state index contributed by atoms with van der Waals surface area (Å²) in [6, 6.07) is 14.6. The first-order chi connectivity index (χ1) is 14.8. The van der Waals surface area contributed by atoms with Crippen molar-refractivity contribution >= 4 is 23.9 Å². The Balaban J connectivity index is 1.58. The third kappa shape index (κ3) is 4.82. The second kappa shape index (κ2) is 9.29. The number of carboxylic acid groups (broad SMARTS) is 1. The standard InChI is InChI=1S/C22H23N3O6/c1-12(2)18(23-20(27)21(28)29)19(26)24-25-22(30)31-11-17-15-9-5-3-7-13(15)14-8-4-6-10-16(14)17/h3-10,12,17-18H,11H2,1-2H3,(H,23,27)(H,24,26)(H,25,30)(H,28,29). The smallest absolute Gasteiger partial charge is 0.426 e. The van der Waals surface area contributed by atoms with Crippen LogP contribution in [-0.4, -0.2) is 41.6 Å². The number of hydrogen-bond acceptors (Lipinski definition) is 5. The van der Waals surface area contributed by atoms with Gasteiger partial charge in [0.25, 0.3) is 5.91 Å². The van der Waals surface area contributed by atoms with Crippen molar-refractivity contribution in [2.45, 2.75) is 25.8 Å². The van der Waals surface area contributed by atoms with E-state index in [0.29, 0.717) is 0 Å². The molecule has 2 aromatic carbocycles. The lowest BCUT2D eigenvalue weighted by Crippen LogP contribution is -2.55. The maximum absolute atomic E-state index is 12.2. The van der Waals surface area contributed by atoms with Crippen LogP contribution in [0.4, 0.5) is 4.79 Å². The molecule has 0 radical (unpaired) electrons. The lowest BCUT2D eigenvalue weighted by atomic mass is 9.98. The van der Waals surface area contributed by atoms with E-state index in [0.717, 1.165) is 22.3 Å². The Hall–Kier alpha value is -3.88. The van der Waals surface area contributed by atoms with E-state index in [2.05, 4.69) is 16.2 Å². The van der Waals surface area contributed by atoms with Gasteiger partial charge in [0.1, 0.15) is 12.6 Å². The molecule has 1 aliphatic carbocycles. The fourth-order valence-electron chi connectivity index (χ4n) is 3.56. The summed E-state index contributed by atoms with van der Waals surface area (Å²) in [4.78, 5) is 46.4. The van der Waals surface area contributed by atoms with E-state index in [1.807, 2.05) is 48.5 Å². The van der Waals surface area contributed by atoms with E-state index in [-0.39, 0.29) is 12.5 Å². The predicted molar refractivity (Wildman–Crippen MR) is 111 cm³/mol. The minimum atomic E-state index is -1.71. The molecule has 1 unspecified atom stereocenters. The Labute approximate surface area is 178 Å². The van der Waals surface area contributed by atoms with Gasteiger partial charge in [-0.15, -0.1) is 0 Å². The number of aliphatic carboxylic acids is 1. The van der Waals surface area contributed by atoms with Gasteiger partial charge in [-0.25, -0.2) is 15.0 Å². The van der Waals surface area contributed by atoms with Crippen LogP contribution in [0.3, 0.4) is 0 Å². The molecule has 0 saturated carbocycles.